The number of carbonyl (C=O) groups excluding carboxylic acids is 1. The number of hydrogen-bond acceptors (Lipinski definition) is 3. The van der Waals surface area contributed by atoms with Gasteiger partial charge in [-0.25, -0.2) is 13.8 Å². The van der Waals surface area contributed by atoms with Crippen molar-refractivity contribution in [3.8, 4) is 0 Å². The van der Waals surface area contributed by atoms with Gasteiger partial charge in [0.15, 0.2) is 11.6 Å². The molecule has 0 spiro atoms. The number of aromatic nitrogens is 1. The first kappa shape index (κ1) is 17.6. The summed E-state index contributed by atoms with van der Waals surface area (Å²) in [5, 5.41) is 2.58. The molecule has 1 amide bonds. The summed E-state index contributed by atoms with van der Waals surface area (Å²) in [6.07, 6.45) is 5.17. The number of benzene rings is 1. The van der Waals surface area contributed by atoms with Crippen molar-refractivity contribution in [2.45, 2.75) is 25.8 Å². The molecule has 2 aromatic rings. The molecular formula is C18H18ClF2N3O. The van der Waals surface area contributed by atoms with E-state index in [9.17, 15) is 13.6 Å². The van der Waals surface area contributed by atoms with Gasteiger partial charge in [-0.3, -0.25) is 4.79 Å². The van der Waals surface area contributed by atoms with Gasteiger partial charge in [0.2, 0.25) is 0 Å². The van der Waals surface area contributed by atoms with E-state index in [1.54, 1.807) is 12.3 Å². The smallest absolute Gasteiger partial charge is 0.253 e. The standard InChI is InChI=1S/C18H18ClF2N3O/c19-14-10-16(21)15(20)9-13(14)18(25)23-11-12-5-4-6-22-17(12)24-7-2-1-3-8-24/h4-6,9-10H,1-3,7-8,11H2,(H,23,25). The number of pyridine rings is 1. The summed E-state index contributed by atoms with van der Waals surface area (Å²) in [6.45, 7) is 2.10. The summed E-state index contributed by atoms with van der Waals surface area (Å²) in [7, 11) is 0. The van der Waals surface area contributed by atoms with Crippen molar-refractivity contribution in [1.29, 1.82) is 0 Å². The van der Waals surface area contributed by atoms with E-state index in [-0.39, 0.29) is 17.1 Å². The highest BCUT2D eigenvalue weighted by atomic mass is 35.5. The minimum Gasteiger partial charge on any atom is -0.356 e. The van der Waals surface area contributed by atoms with Crippen molar-refractivity contribution in [2.24, 2.45) is 0 Å². The summed E-state index contributed by atoms with van der Waals surface area (Å²) in [6, 6.07) is 5.31. The van der Waals surface area contributed by atoms with Crippen LogP contribution in [0.4, 0.5) is 14.6 Å². The summed E-state index contributed by atoms with van der Waals surface area (Å²) < 4.78 is 26.5. The third-order valence-corrected chi connectivity index (χ3v) is 4.53. The molecule has 132 valence electrons. The van der Waals surface area contributed by atoms with E-state index in [0.29, 0.717) is 0 Å². The van der Waals surface area contributed by atoms with Crippen molar-refractivity contribution in [2.75, 3.05) is 18.0 Å². The van der Waals surface area contributed by atoms with E-state index in [1.165, 1.54) is 6.42 Å². The highest BCUT2D eigenvalue weighted by Gasteiger charge is 2.18. The first-order valence-electron chi connectivity index (χ1n) is 8.18. The number of hydrogen-bond donors (Lipinski definition) is 1. The van der Waals surface area contributed by atoms with Crippen LogP contribution in [-0.2, 0) is 6.54 Å². The van der Waals surface area contributed by atoms with Crippen LogP contribution >= 0.6 is 11.6 Å². The molecular weight excluding hydrogens is 348 g/mol. The van der Waals surface area contributed by atoms with Crippen LogP contribution in [0.2, 0.25) is 5.02 Å². The molecule has 1 aromatic carbocycles. The van der Waals surface area contributed by atoms with Crippen LogP contribution in [0.1, 0.15) is 35.2 Å². The Morgan fingerprint density at radius 3 is 2.68 bits per heavy atom. The Kier molecular flexibility index (Phi) is 5.48. The van der Waals surface area contributed by atoms with Crippen LogP contribution in [-0.4, -0.2) is 24.0 Å². The number of nitrogens with zero attached hydrogens (tertiary/aromatic N) is 2. The van der Waals surface area contributed by atoms with Crippen molar-refractivity contribution in [1.82, 2.24) is 10.3 Å². The van der Waals surface area contributed by atoms with Gasteiger partial charge in [0, 0.05) is 31.4 Å². The number of anilines is 1. The van der Waals surface area contributed by atoms with E-state index in [0.717, 1.165) is 49.4 Å². The fourth-order valence-electron chi connectivity index (χ4n) is 2.93. The zero-order valence-electron chi connectivity index (χ0n) is 13.6. The Labute approximate surface area is 149 Å². The van der Waals surface area contributed by atoms with Crippen LogP contribution < -0.4 is 10.2 Å². The summed E-state index contributed by atoms with van der Waals surface area (Å²) in [4.78, 5) is 18.9. The molecule has 0 atom stereocenters. The van der Waals surface area contributed by atoms with Crippen molar-refractivity contribution < 1.29 is 13.6 Å². The maximum absolute atomic E-state index is 13.4. The lowest BCUT2D eigenvalue weighted by Crippen LogP contribution is -2.32. The van der Waals surface area contributed by atoms with Crippen LogP contribution in [0.15, 0.2) is 30.5 Å². The van der Waals surface area contributed by atoms with Crippen molar-refractivity contribution in [3.63, 3.8) is 0 Å². The molecule has 25 heavy (non-hydrogen) atoms. The molecule has 1 aliphatic heterocycles. The molecule has 2 heterocycles. The Balaban J connectivity index is 1.73. The Morgan fingerprint density at radius 1 is 1.20 bits per heavy atom. The van der Waals surface area contributed by atoms with Gasteiger partial charge in [-0.15, -0.1) is 0 Å². The van der Waals surface area contributed by atoms with E-state index in [2.05, 4.69) is 15.2 Å². The van der Waals surface area contributed by atoms with Crippen molar-refractivity contribution in [3.05, 3.63) is 58.2 Å². The summed E-state index contributed by atoms with van der Waals surface area (Å²) in [5.41, 5.74) is 0.778. The number of nitrogens with one attached hydrogen (secondary N) is 1. The number of amides is 1. The third kappa shape index (κ3) is 4.07. The lowest BCUT2D eigenvalue weighted by Gasteiger charge is -2.29. The molecule has 1 fully saturated rings. The molecule has 4 nitrogen and oxygen atoms in total. The second-order valence-corrected chi connectivity index (χ2v) is 6.37. The topological polar surface area (TPSA) is 45.2 Å². The van der Waals surface area contributed by atoms with E-state index < -0.39 is 17.5 Å². The van der Waals surface area contributed by atoms with E-state index in [4.69, 9.17) is 11.6 Å². The molecule has 1 N–H and O–H groups in total. The van der Waals surface area contributed by atoms with Crippen molar-refractivity contribution >= 4 is 23.3 Å². The lowest BCUT2D eigenvalue weighted by molar-refractivity contribution is 0.0950. The number of carbonyl (C=O) groups is 1. The van der Waals surface area contributed by atoms with Gasteiger partial charge in [0.05, 0.1) is 10.6 Å². The molecule has 1 aromatic heterocycles. The zero-order valence-corrected chi connectivity index (χ0v) is 14.3. The van der Waals surface area contributed by atoms with Crippen LogP contribution in [0.3, 0.4) is 0 Å². The second kappa shape index (κ2) is 7.78. The minimum atomic E-state index is -1.11. The predicted molar refractivity (Wildman–Crippen MR) is 92.8 cm³/mol. The second-order valence-electron chi connectivity index (χ2n) is 5.96. The normalized spacial score (nSPS) is 14.4. The Hall–Kier alpha value is -2.21. The fraction of sp³-hybridized carbons (Fsp3) is 0.333. The maximum atomic E-state index is 13.4. The Bertz CT molecular complexity index is 779. The number of halogens is 3. The molecule has 0 aliphatic carbocycles. The largest absolute Gasteiger partial charge is 0.356 e. The molecule has 1 aliphatic rings. The number of piperidine rings is 1. The predicted octanol–water partition coefficient (Wildman–Crippen LogP) is 3.93. The monoisotopic (exact) mass is 365 g/mol. The molecule has 0 radical (unpaired) electrons. The average Bonchev–Trinajstić information content (AvgIpc) is 2.63. The van der Waals surface area contributed by atoms with Crippen LogP contribution in [0, 0.1) is 11.6 Å². The minimum absolute atomic E-state index is 0.0935. The fourth-order valence-corrected chi connectivity index (χ4v) is 3.16. The molecule has 0 bridgehead atoms. The SMILES string of the molecule is O=C(NCc1cccnc1N1CCCCC1)c1cc(F)c(F)cc1Cl. The van der Waals surface area contributed by atoms with Gasteiger partial charge >= 0.3 is 0 Å². The maximum Gasteiger partial charge on any atom is 0.253 e. The van der Waals surface area contributed by atoms with Gasteiger partial charge in [0.1, 0.15) is 5.82 Å². The zero-order chi connectivity index (χ0) is 17.8. The van der Waals surface area contributed by atoms with Gasteiger partial charge in [-0.2, -0.15) is 0 Å². The highest BCUT2D eigenvalue weighted by molar-refractivity contribution is 6.33. The average molecular weight is 366 g/mol. The van der Waals surface area contributed by atoms with Crippen LogP contribution in [0.25, 0.3) is 0 Å². The molecule has 0 saturated carbocycles. The molecule has 1 saturated heterocycles. The summed E-state index contributed by atoms with van der Waals surface area (Å²) >= 11 is 5.84. The lowest BCUT2D eigenvalue weighted by atomic mass is 10.1. The quantitative estimate of drug-likeness (QED) is 0.835. The third-order valence-electron chi connectivity index (χ3n) is 4.22. The van der Waals surface area contributed by atoms with E-state index >= 15 is 0 Å². The molecule has 7 heteroatoms. The van der Waals surface area contributed by atoms with Gasteiger partial charge < -0.3 is 10.2 Å². The Morgan fingerprint density at radius 2 is 1.92 bits per heavy atom. The van der Waals surface area contributed by atoms with Gasteiger partial charge in [-0.05, 0) is 37.5 Å². The first-order valence-corrected chi connectivity index (χ1v) is 8.55. The van der Waals surface area contributed by atoms with Gasteiger partial charge in [-0.1, -0.05) is 17.7 Å². The van der Waals surface area contributed by atoms with E-state index in [1.807, 2.05) is 6.07 Å². The molecule has 0 unspecified atom stereocenters. The number of rotatable bonds is 4. The summed E-state index contributed by atoms with van der Waals surface area (Å²) in [5.74, 6) is -1.90. The van der Waals surface area contributed by atoms with Crippen LogP contribution in [0.5, 0.6) is 0 Å². The first-order chi connectivity index (χ1) is 12.1. The van der Waals surface area contributed by atoms with Gasteiger partial charge in [0.25, 0.3) is 5.91 Å². The highest BCUT2D eigenvalue weighted by Crippen LogP contribution is 2.23. The molecule has 3 rings (SSSR count).